The lowest BCUT2D eigenvalue weighted by molar-refractivity contribution is -0.134. The Morgan fingerprint density at radius 2 is 1.89 bits per heavy atom. The number of likely N-dealkylation sites (N-methyl/N-ethyl adjacent to an activating group) is 1. The van der Waals surface area contributed by atoms with Gasteiger partial charge in [-0.1, -0.05) is 25.1 Å². The normalized spacial score (nSPS) is 21.7. The van der Waals surface area contributed by atoms with Gasteiger partial charge in [-0.05, 0) is 63.1 Å². The van der Waals surface area contributed by atoms with E-state index in [1.54, 1.807) is 41.3 Å². The number of benzene rings is 2. The van der Waals surface area contributed by atoms with Gasteiger partial charge in [-0.25, -0.2) is 8.42 Å². The molecule has 1 fully saturated rings. The van der Waals surface area contributed by atoms with E-state index in [9.17, 15) is 18.3 Å². The van der Waals surface area contributed by atoms with E-state index in [0.717, 1.165) is 19.0 Å². The molecule has 9 heteroatoms. The number of nitrogens with one attached hydrogen (secondary N) is 1. The minimum atomic E-state index is -3.77. The number of carbonyl (C=O) groups excluding carboxylic acids is 1. The number of nitrogens with zero attached hydrogens (tertiary/aromatic N) is 2. The second-order valence-corrected chi connectivity index (χ2v) is 12.0. The van der Waals surface area contributed by atoms with Gasteiger partial charge in [0.15, 0.2) is 0 Å². The van der Waals surface area contributed by atoms with E-state index in [0.29, 0.717) is 23.5 Å². The van der Waals surface area contributed by atoms with E-state index in [1.807, 2.05) is 6.92 Å². The van der Waals surface area contributed by atoms with Crippen molar-refractivity contribution < 1.29 is 23.1 Å². The summed E-state index contributed by atoms with van der Waals surface area (Å²) in [6, 6.07) is 12.9. The fourth-order valence-electron chi connectivity index (χ4n) is 4.65. The van der Waals surface area contributed by atoms with Crippen molar-refractivity contribution in [2.24, 2.45) is 11.8 Å². The molecule has 0 aromatic heterocycles. The first kappa shape index (κ1) is 26.4. The highest BCUT2D eigenvalue weighted by Gasteiger charge is 2.32. The van der Waals surface area contributed by atoms with Crippen LogP contribution in [-0.4, -0.2) is 74.7 Å². The molecule has 1 aliphatic carbocycles. The van der Waals surface area contributed by atoms with Crippen molar-refractivity contribution in [3.05, 3.63) is 54.1 Å². The van der Waals surface area contributed by atoms with Crippen molar-refractivity contribution in [3.8, 4) is 5.75 Å². The summed E-state index contributed by atoms with van der Waals surface area (Å²) in [4.78, 5) is 17.5. The first-order valence-corrected chi connectivity index (χ1v) is 14.1. The number of aliphatic hydroxyl groups excluding tert-OH is 1. The zero-order valence-corrected chi connectivity index (χ0v) is 22.1. The van der Waals surface area contributed by atoms with Gasteiger partial charge >= 0.3 is 0 Å². The standard InChI is InChI=1S/C27H37N3O5S/c1-19-15-30(20(2)18-31)27(32)14-22-13-23(28-36(33,34)24-7-5-4-6-8-24)11-12-25(22)35-26(19)17-29(3)16-21-9-10-21/h4-8,11-13,19-21,26,28,31H,9-10,14-18H2,1-3H3/t19-,20+,26+/m1/s1. The van der Waals surface area contributed by atoms with Crippen molar-refractivity contribution in [2.75, 3.05) is 38.0 Å². The van der Waals surface area contributed by atoms with Gasteiger partial charge in [-0.2, -0.15) is 0 Å². The van der Waals surface area contributed by atoms with Gasteiger partial charge in [0.2, 0.25) is 5.91 Å². The number of hydrogen-bond donors (Lipinski definition) is 2. The Morgan fingerprint density at radius 1 is 1.17 bits per heavy atom. The first-order chi connectivity index (χ1) is 17.2. The maximum atomic E-state index is 13.3. The average molecular weight is 516 g/mol. The minimum absolute atomic E-state index is 0.0341. The maximum Gasteiger partial charge on any atom is 0.261 e. The van der Waals surface area contributed by atoms with Gasteiger partial charge in [-0.3, -0.25) is 9.52 Å². The van der Waals surface area contributed by atoms with Crippen LogP contribution in [0.5, 0.6) is 5.75 Å². The molecule has 1 saturated carbocycles. The van der Waals surface area contributed by atoms with Crippen LogP contribution in [0.15, 0.2) is 53.4 Å². The third-order valence-corrected chi connectivity index (χ3v) is 8.38. The van der Waals surface area contributed by atoms with Crippen LogP contribution in [0.4, 0.5) is 5.69 Å². The zero-order chi connectivity index (χ0) is 25.9. The summed E-state index contributed by atoms with van der Waals surface area (Å²) in [5.41, 5.74) is 0.984. The van der Waals surface area contributed by atoms with Crippen molar-refractivity contribution >= 4 is 21.6 Å². The molecule has 2 N–H and O–H groups in total. The molecule has 1 heterocycles. The number of amides is 1. The lowest BCUT2D eigenvalue weighted by Gasteiger charge is -2.34. The predicted molar refractivity (Wildman–Crippen MR) is 139 cm³/mol. The van der Waals surface area contributed by atoms with Crippen LogP contribution in [0.1, 0.15) is 32.3 Å². The van der Waals surface area contributed by atoms with Crippen molar-refractivity contribution in [3.63, 3.8) is 0 Å². The molecule has 3 atom stereocenters. The van der Waals surface area contributed by atoms with Gasteiger partial charge in [-0.15, -0.1) is 0 Å². The van der Waals surface area contributed by atoms with Crippen LogP contribution in [0, 0.1) is 11.8 Å². The molecular weight excluding hydrogens is 478 g/mol. The van der Waals surface area contributed by atoms with E-state index in [1.165, 1.54) is 25.0 Å². The van der Waals surface area contributed by atoms with Crippen LogP contribution in [0.3, 0.4) is 0 Å². The second kappa shape index (κ2) is 11.2. The Bertz CT molecular complexity index is 1150. The van der Waals surface area contributed by atoms with Gasteiger partial charge in [0.05, 0.1) is 24.0 Å². The number of rotatable bonds is 9. The van der Waals surface area contributed by atoms with Crippen LogP contribution < -0.4 is 9.46 Å². The molecular formula is C27H37N3O5S. The number of anilines is 1. The maximum absolute atomic E-state index is 13.3. The summed E-state index contributed by atoms with van der Waals surface area (Å²) in [5, 5.41) is 9.81. The van der Waals surface area contributed by atoms with Gasteiger partial charge < -0.3 is 19.6 Å². The molecule has 196 valence electrons. The fraction of sp³-hybridized carbons (Fsp3) is 0.519. The molecule has 2 aromatic rings. The Balaban J connectivity index is 1.63. The molecule has 0 unspecified atom stereocenters. The summed E-state index contributed by atoms with van der Waals surface area (Å²) in [7, 11) is -1.67. The highest BCUT2D eigenvalue weighted by molar-refractivity contribution is 7.92. The lowest BCUT2D eigenvalue weighted by atomic mass is 10.0. The van der Waals surface area contributed by atoms with Gasteiger partial charge in [0.25, 0.3) is 10.0 Å². The number of fused-ring (bicyclic) bond motifs is 1. The van der Waals surface area contributed by atoms with Crippen LogP contribution in [-0.2, 0) is 21.2 Å². The van der Waals surface area contributed by atoms with E-state index in [4.69, 9.17) is 4.74 Å². The number of aliphatic hydroxyl groups is 1. The smallest absolute Gasteiger partial charge is 0.261 e. The quantitative estimate of drug-likeness (QED) is 0.533. The van der Waals surface area contributed by atoms with Crippen LogP contribution >= 0.6 is 0 Å². The van der Waals surface area contributed by atoms with Gasteiger partial charge in [0.1, 0.15) is 11.9 Å². The van der Waals surface area contributed by atoms with Crippen LogP contribution in [0.2, 0.25) is 0 Å². The predicted octanol–water partition coefficient (Wildman–Crippen LogP) is 2.98. The van der Waals surface area contributed by atoms with E-state index < -0.39 is 10.0 Å². The summed E-state index contributed by atoms with van der Waals surface area (Å²) < 4.78 is 34.8. The van der Waals surface area contributed by atoms with Crippen LogP contribution in [0.25, 0.3) is 0 Å². The fourth-order valence-corrected chi connectivity index (χ4v) is 5.72. The summed E-state index contributed by atoms with van der Waals surface area (Å²) in [6.45, 7) is 6.00. The molecule has 0 spiro atoms. The van der Waals surface area contributed by atoms with E-state index >= 15 is 0 Å². The molecule has 36 heavy (non-hydrogen) atoms. The van der Waals surface area contributed by atoms with E-state index in [-0.39, 0.29) is 41.9 Å². The SMILES string of the molecule is C[C@@H]1CN([C@@H](C)CO)C(=O)Cc2cc(NS(=O)(=O)c3ccccc3)ccc2O[C@H]1CN(C)CC1CC1. The summed E-state index contributed by atoms with van der Waals surface area (Å²) in [6.07, 6.45) is 2.43. The molecule has 1 amide bonds. The number of carbonyl (C=O) groups is 1. The lowest BCUT2D eigenvalue weighted by Crippen LogP contribution is -2.47. The number of sulfonamides is 1. The third-order valence-electron chi connectivity index (χ3n) is 6.98. The number of hydrogen-bond acceptors (Lipinski definition) is 6. The Labute approximate surface area is 214 Å². The third kappa shape index (κ3) is 6.57. The zero-order valence-electron chi connectivity index (χ0n) is 21.3. The highest BCUT2D eigenvalue weighted by atomic mass is 32.2. The molecule has 1 aliphatic heterocycles. The second-order valence-electron chi connectivity index (χ2n) is 10.3. The molecule has 0 bridgehead atoms. The molecule has 8 nitrogen and oxygen atoms in total. The van der Waals surface area contributed by atoms with Crippen molar-refractivity contribution in [2.45, 2.75) is 50.2 Å². The summed E-state index contributed by atoms with van der Waals surface area (Å²) in [5.74, 6) is 1.25. The Kier molecular flexibility index (Phi) is 8.22. The van der Waals surface area contributed by atoms with Crippen molar-refractivity contribution in [1.82, 2.24) is 9.80 Å². The Hall–Kier alpha value is -2.62. The molecule has 2 aliphatic rings. The Morgan fingerprint density at radius 3 is 2.56 bits per heavy atom. The topological polar surface area (TPSA) is 99.2 Å². The molecule has 2 aromatic carbocycles. The number of ether oxygens (including phenoxy) is 1. The van der Waals surface area contributed by atoms with E-state index in [2.05, 4.69) is 23.6 Å². The van der Waals surface area contributed by atoms with Gasteiger partial charge in [0, 0.05) is 36.8 Å². The average Bonchev–Trinajstić information content (AvgIpc) is 3.66. The largest absolute Gasteiger partial charge is 0.488 e. The molecule has 0 radical (unpaired) electrons. The molecule has 4 rings (SSSR count). The minimum Gasteiger partial charge on any atom is -0.488 e. The summed E-state index contributed by atoms with van der Waals surface area (Å²) >= 11 is 0. The van der Waals surface area contributed by atoms with Crippen molar-refractivity contribution in [1.29, 1.82) is 0 Å². The molecule has 0 saturated heterocycles. The monoisotopic (exact) mass is 515 g/mol. The highest BCUT2D eigenvalue weighted by Crippen LogP contribution is 2.32. The first-order valence-electron chi connectivity index (χ1n) is 12.6.